The first-order valence-corrected chi connectivity index (χ1v) is 10.1. The third-order valence-electron chi connectivity index (χ3n) is 5.48. The van der Waals surface area contributed by atoms with Crippen LogP contribution in [-0.2, 0) is 9.53 Å². The maximum atomic E-state index is 13.1. The fourth-order valence-corrected chi connectivity index (χ4v) is 3.95. The predicted molar refractivity (Wildman–Crippen MR) is 112 cm³/mol. The van der Waals surface area contributed by atoms with Gasteiger partial charge in [0.15, 0.2) is 5.58 Å². The standard InChI is InChI=1S/C23H25N3O4/c1-29-14-12-21(27)24-19-15-26(13-11-17(19)16-7-3-2-4-8-16)23(28)22-25-18-9-5-6-10-20(18)30-22/h2-10,17,19H,11-15H2,1H3,(H,24,27)/t17-,19-/m0/s1. The maximum Gasteiger partial charge on any atom is 0.309 e. The Morgan fingerprint density at radius 2 is 1.93 bits per heavy atom. The maximum absolute atomic E-state index is 13.1. The number of ether oxygens (including phenoxy) is 1. The number of rotatable bonds is 6. The largest absolute Gasteiger partial charge is 0.432 e. The van der Waals surface area contributed by atoms with Crippen LogP contribution in [0.15, 0.2) is 59.0 Å². The lowest BCUT2D eigenvalue weighted by molar-refractivity contribution is -0.123. The molecule has 3 aromatic rings. The molecule has 1 aliphatic rings. The molecule has 156 valence electrons. The normalized spacial score (nSPS) is 19.0. The second-order valence-electron chi connectivity index (χ2n) is 7.46. The van der Waals surface area contributed by atoms with Gasteiger partial charge in [0, 0.05) is 32.5 Å². The second-order valence-corrected chi connectivity index (χ2v) is 7.46. The van der Waals surface area contributed by atoms with Crippen LogP contribution in [0.3, 0.4) is 0 Å². The highest BCUT2D eigenvalue weighted by atomic mass is 16.5. The second kappa shape index (κ2) is 9.09. The number of nitrogens with zero attached hydrogens (tertiary/aromatic N) is 2. The van der Waals surface area contributed by atoms with Gasteiger partial charge in [-0.05, 0) is 24.1 Å². The van der Waals surface area contributed by atoms with E-state index >= 15 is 0 Å². The molecule has 1 aliphatic heterocycles. The van der Waals surface area contributed by atoms with E-state index in [1.54, 1.807) is 18.1 Å². The van der Waals surface area contributed by atoms with Crippen molar-refractivity contribution in [3.8, 4) is 0 Å². The fourth-order valence-electron chi connectivity index (χ4n) is 3.95. The number of nitrogens with one attached hydrogen (secondary N) is 1. The van der Waals surface area contributed by atoms with Crippen LogP contribution >= 0.6 is 0 Å². The summed E-state index contributed by atoms with van der Waals surface area (Å²) < 4.78 is 10.7. The number of oxazole rings is 1. The van der Waals surface area contributed by atoms with Crippen molar-refractivity contribution in [1.29, 1.82) is 0 Å². The first-order valence-electron chi connectivity index (χ1n) is 10.1. The lowest BCUT2D eigenvalue weighted by Crippen LogP contribution is -2.53. The lowest BCUT2D eigenvalue weighted by Gasteiger charge is -2.38. The summed E-state index contributed by atoms with van der Waals surface area (Å²) in [5.41, 5.74) is 2.40. The van der Waals surface area contributed by atoms with Crippen molar-refractivity contribution >= 4 is 22.9 Å². The summed E-state index contributed by atoms with van der Waals surface area (Å²) in [6.07, 6.45) is 1.03. The molecule has 0 radical (unpaired) electrons. The minimum atomic E-state index is -0.256. The number of likely N-dealkylation sites (tertiary alicyclic amines) is 1. The average molecular weight is 407 g/mol. The summed E-state index contributed by atoms with van der Waals surface area (Å²) in [6.45, 7) is 1.33. The Morgan fingerprint density at radius 3 is 2.70 bits per heavy atom. The first-order chi connectivity index (χ1) is 14.7. The number of aromatic nitrogens is 1. The summed E-state index contributed by atoms with van der Waals surface area (Å²) in [5, 5.41) is 3.10. The molecule has 30 heavy (non-hydrogen) atoms. The highest BCUT2D eigenvalue weighted by Crippen LogP contribution is 2.29. The third-order valence-corrected chi connectivity index (χ3v) is 5.48. The quantitative estimate of drug-likeness (QED) is 0.679. The molecule has 1 N–H and O–H groups in total. The van der Waals surface area contributed by atoms with Crippen molar-refractivity contribution < 1.29 is 18.7 Å². The molecule has 7 heteroatoms. The van der Waals surface area contributed by atoms with E-state index < -0.39 is 0 Å². The van der Waals surface area contributed by atoms with Crippen LogP contribution in [0, 0.1) is 0 Å². The molecule has 0 saturated carbocycles. The van der Waals surface area contributed by atoms with E-state index in [0.29, 0.717) is 30.8 Å². The average Bonchev–Trinajstić information content (AvgIpc) is 3.22. The van der Waals surface area contributed by atoms with Crippen molar-refractivity contribution in [2.24, 2.45) is 0 Å². The molecule has 0 bridgehead atoms. The zero-order valence-corrected chi connectivity index (χ0v) is 16.9. The summed E-state index contributed by atoms with van der Waals surface area (Å²) in [6, 6.07) is 17.2. The number of piperidine rings is 1. The van der Waals surface area contributed by atoms with Gasteiger partial charge in [-0.2, -0.15) is 0 Å². The number of hydrogen-bond acceptors (Lipinski definition) is 5. The Hall–Kier alpha value is -3.19. The smallest absolute Gasteiger partial charge is 0.309 e. The van der Waals surface area contributed by atoms with Crippen molar-refractivity contribution in [3.63, 3.8) is 0 Å². The van der Waals surface area contributed by atoms with E-state index in [1.165, 1.54) is 0 Å². The number of benzene rings is 2. The predicted octanol–water partition coefficient (Wildman–Crippen LogP) is 2.98. The van der Waals surface area contributed by atoms with Gasteiger partial charge >= 0.3 is 5.91 Å². The summed E-state index contributed by atoms with van der Waals surface area (Å²) in [7, 11) is 1.57. The van der Waals surface area contributed by atoms with E-state index in [4.69, 9.17) is 9.15 Å². The number of fused-ring (bicyclic) bond motifs is 1. The molecule has 2 aromatic carbocycles. The van der Waals surface area contributed by atoms with Crippen LogP contribution in [-0.4, -0.2) is 54.5 Å². The van der Waals surface area contributed by atoms with E-state index in [0.717, 1.165) is 12.0 Å². The molecule has 1 fully saturated rings. The Kier molecular flexibility index (Phi) is 6.09. The van der Waals surface area contributed by atoms with Gasteiger partial charge in [0.1, 0.15) is 5.52 Å². The fraction of sp³-hybridized carbons (Fsp3) is 0.348. The molecular weight excluding hydrogens is 382 g/mol. The molecule has 0 aliphatic carbocycles. The van der Waals surface area contributed by atoms with Crippen LogP contribution in [0.5, 0.6) is 0 Å². The van der Waals surface area contributed by atoms with E-state index in [-0.39, 0.29) is 36.1 Å². The van der Waals surface area contributed by atoms with Gasteiger partial charge in [0.05, 0.1) is 12.6 Å². The van der Waals surface area contributed by atoms with E-state index in [1.807, 2.05) is 36.4 Å². The minimum Gasteiger partial charge on any atom is -0.432 e. The van der Waals surface area contributed by atoms with Crippen LogP contribution < -0.4 is 5.32 Å². The molecule has 2 atom stereocenters. The van der Waals surface area contributed by atoms with Crippen molar-refractivity contribution in [3.05, 3.63) is 66.1 Å². The molecule has 2 heterocycles. The van der Waals surface area contributed by atoms with Gasteiger partial charge in [-0.15, -0.1) is 0 Å². The van der Waals surface area contributed by atoms with Crippen LogP contribution in [0.25, 0.3) is 11.1 Å². The molecule has 7 nitrogen and oxygen atoms in total. The van der Waals surface area contributed by atoms with Crippen LogP contribution in [0.1, 0.15) is 35.0 Å². The van der Waals surface area contributed by atoms with Gasteiger partial charge < -0.3 is 19.4 Å². The van der Waals surface area contributed by atoms with Crippen molar-refractivity contribution in [2.75, 3.05) is 26.8 Å². The Morgan fingerprint density at radius 1 is 1.17 bits per heavy atom. The molecule has 2 amide bonds. The number of amides is 2. The van der Waals surface area contributed by atoms with E-state index in [9.17, 15) is 9.59 Å². The zero-order chi connectivity index (χ0) is 20.9. The third kappa shape index (κ3) is 4.36. The van der Waals surface area contributed by atoms with Crippen LogP contribution in [0.4, 0.5) is 0 Å². The number of hydrogen-bond donors (Lipinski definition) is 1. The Bertz CT molecular complexity index is 984. The lowest BCUT2D eigenvalue weighted by atomic mass is 9.85. The summed E-state index contributed by atoms with van der Waals surface area (Å²) >= 11 is 0. The van der Waals surface area contributed by atoms with Crippen molar-refractivity contribution in [2.45, 2.75) is 24.8 Å². The molecule has 1 aromatic heterocycles. The van der Waals surface area contributed by atoms with Gasteiger partial charge in [-0.3, -0.25) is 9.59 Å². The Labute approximate surface area is 175 Å². The molecule has 0 spiro atoms. The van der Waals surface area contributed by atoms with Gasteiger partial charge in [0.25, 0.3) is 5.89 Å². The Balaban J connectivity index is 1.53. The molecule has 0 unspecified atom stereocenters. The number of para-hydroxylation sites is 2. The monoisotopic (exact) mass is 407 g/mol. The first kappa shape index (κ1) is 20.1. The van der Waals surface area contributed by atoms with Gasteiger partial charge in [-0.1, -0.05) is 42.5 Å². The highest BCUT2D eigenvalue weighted by molar-refractivity contribution is 5.92. The number of carbonyl (C=O) groups excluding carboxylic acids is 2. The molecule has 1 saturated heterocycles. The zero-order valence-electron chi connectivity index (χ0n) is 16.9. The van der Waals surface area contributed by atoms with Crippen molar-refractivity contribution in [1.82, 2.24) is 15.2 Å². The topological polar surface area (TPSA) is 84.7 Å². The summed E-state index contributed by atoms with van der Waals surface area (Å²) in [5.74, 6) is -0.128. The number of methoxy groups -OCH3 is 1. The number of carbonyl (C=O) groups is 2. The van der Waals surface area contributed by atoms with Crippen LogP contribution in [0.2, 0.25) is 0 Å². The molecule has 4 rings (SSSR count). The van der Waals surface area contributed by atoms with Gasteiger partial charge in [-0.25, -0.2) is 4.98 Å². The minimum absolute atomic E-state index is 0.0822. The van der Waals surface area contributed by atoms with E-state index in [2.05, 4.69) is 22.4 Å². The highest BCUT2D eigenvalue weighted by Gasteiger charge is 2.35. The SMILES string of the molecule is COCCC(=O)N[C@H]1CN(C(=O)c2nc3ccccc3o2)CC[C@H]1c1ccccc1. The van der Waals surface area contributed by atoms with Gasteiger partial charge in [0.2, 0.25) is 5.91 Å². The molecular formula is C23H25N3O4. The summed E-state index contributed by atoms with van der Waals surface area (Å²) in [4.78, 5) is 31.5.